The molecule has 6 heteroatoms. The minimum atomic E-state index is -0.597. The van der Waals surface area contributed by atoms with Gasteiger partial charge in [-0.05, 0) is 36.4 Å². The summed E-state index contributed by atoms with van der Waals surface area (Å²) in [7, 11) is 0. The van der Waals surface area contributed by atoms with Crippen LogP contribution in [0, 0.1) is 0 Å². The molecule has 2 aromatic carbocycles. The van der Waals surface area contributed by atoms with Gasteiger partial charge in [-0.15, -0.1) is 0 Å². The highest BCUT2D eigenvalue weighted by atomic mass is 16.5. The number of amides is 1. The maximum Gasteiger partial charge on any atom is 0.248 e. The summed E-state index contributed by atoms with van der Waals surface area (Å²) in [6.45, 7) is 1.67. The predicted molar refractivity (Wildman–Crippen MR) is 91.3 cm³/mol. The number of carbonyl (C=O) groups is 1. The molecule has 4 N–H and O–H groups in total. The molecule has 0 aliphatic heterocycles. The fourth-order valence-electron chi connectivity index (χ4n) is 1.99. The lowest BCUT2D eigenvalue weighted by Gasteiger charge is -2.13. The van der Waals surface area contributed by atoms with E-state index in [0.717, 1.165) is 5.75 Å². The van der Waals surface area contributed by atoms with Gasteiger partial charge in [-0.1, -0.05) is 18.2 Å². The average molecular weight is 330 g/mol. The highest BCUT2D eigenvalue weighted by molar-refractivity contribution is 5.92. The van der Waals surface area contributed by atoms with Crippen LogP contribution in [0.15, 0.2) is 54.6 Å². The molecule has 0 heterocycles. The highest BCUT2D eigenvalue weighted by Gasteiger charge is 2.05. The van der Waals surface area contributed by atoms with E-state index >= 15 is 0 Å². The van der Waals surface area contributed by atoms with Gasteiger partial charge < -0.3 is 25.6 Å². The number of hydrogen-bond acceptors (Lipinski definition) is 5. The molecular formula is C18H22N2O4. The van der Waals surface area contributed by atoms with Gasteiger partial charge in [0.25, 0.3) is 0 Å². The van der Waals surface area contributed by atoms with Gasteiger partial charge in [0.1, 0.15) is 30.8 Å². The second-order valence-corrected chi connectivity index (χ2v) is 5.22. The Labute approximate surface area is 141 Å². The lowest BCUT2D eigenvalue weighted by molar-refractivity contribution is 0.1000. The first-order valence-corrected chi connectivity index (χ1v) is 7.74. The summed E-state index contributed by atoms with van der Waals surface area (Å²) in [6.07, 6.45) is -0.597. The van der Waals surface area contributed by atoms with Crippen molar-refractivity contribution in [3.05, 3.63) is 60.2 Å². The van der Waals surface area contributed by atoms with E-state index in [1.54, 1.807) is 24.3 Å². The number of nitrogens with two attached hydrogens (primary N) is 1. The Morgan fingerprint density at radius 3 is 2.38 bits per heavy atom. The van der Waals surface area contributed by atoms with Crippen LogP contribution in [0.2, 0.25) is 0 Å². The standard InChI is InChI=1S/C18H22N2O4/c19-18(22)14-6-8-17(9-7-14)23-11-10-20-12-15(21)13-24-16-4-2-1-3-5-16/h1-9,15,20-21H,10-13H2,(H2,19,22)/t15-/m1/s1. The smallest absolute Gasteiger partial charge is 0.248 e. The third kappa shape index (κ3) is 6.28. The first kappa shape index (κ1) is 17.8. The molecule has 0 aliphatic carbocycles. The van der Waals surface area contributed by atoms with Gasteiger partial charge in [-0.25, -0.2) is 0 Å². The largest absolute Gasteiger partial charge is 0.492 e. The topological polar surface area (TPSA) is 93.8 Å². The monoisotopic (exact) mass is 330 g/mol. The fraction of sp³-hybridized carbons (Fsp3) is 0.278. The van der Waals surface area contributed by atoms with Crippen molar-refractivity contribution in [2.24, 2.45) is 5.73 Å². The van der Waals surface area contributed by atoms with Crippen molar-refractivity contribution in [3.63, 3.8) is 0 Å². The Bertz CT molecular complexity index is 617. The first-order chi connectivity index (χ1) is 11.6. The molecule has 24 heavy (non-hydrogen) atoms. The minimum absolute atomic E-state index is 0.229. The molecule has 2 rings (SSSR count). The van der Waals surface area contributed by atoms with Gasteiger partial charge in [0.2, 0.25) is 5.91 Å². The van der Waals surface area contributed by atoms with E-state index < -0.39 is 12.0 Å². The molecule has 0 saturated carbocycles. The second kappa shape index (κ2) is 9.54. The SMILES string of the molecule is NC(=O)c1ccc(OCCNC[C@@H](O)COc2ccccc2)cc1. The quantitative estimate of drug-likeness (QED) is 0.569. The van der Waals surface area contributed by atoms with Crippen molar-refractivity contribution in [2.75, 3.05) is 26.3 Å². The van der Waals surface area contributed by atoms with E-state index in [4.69, 9.17) is 15.2 Å². The Hall–Kier alpha value is -2.57. The van der Waals surface area contributed by atoms with Crippen LogP contribution in [0.5, 0.6) is 11.5 Å². The molecule has 0 saturated heterocycles. The van der Waals surface area contributed by atoms with Crippen molar-refractivity contribution in [2.45, 2.75) is 6.10 Å². The number of primary amides is 1. The van der Waals surface area contributed by atoms with Crippen molar-refractivity contribution >= 4 is 5.91 Å². The molecular weight excluding hydrogens is 308 g/mol. The zero-order valence-corrected chi connectivity index (χ0v) is 13.4. The number of nitrogens with one attached hydrogen (secondary N) is 1. The van der Waals surface area contributed by atoms with Crippen molar-refractivity contribution in [3.8, 4) is 11.5 Å². The molecule has 0 spiro atoms. The zero-order valence-electron chi connectivity index (χ0n) is 13.4. The minimum Gasteiger partial charge on any atom is -0.492 e. The number of ether oxygens (including phenoxy) is 2. The third-order valence-electron chi connectivity index (χ3n) is 3.25. The molecule has 2 aromatic rings. The Morgan fingerprint density at radius 1 is 1.04 bits per heavy atom. The molecule has 0 aliphatic rings. The maximum atomic E-state index is 11.0. The van der Waals surface area contributed by atoms with Gasteiger partial charge in [-0.2, -0.15) is 0 Å². The second-order valence-electron chi connectivity index (χ2n) is 5.22. The molecule has 0 fully saturated rings. The molecule has 1 atom stereocenters. The summed E-state index contributed by atoms with van der Waals surface area (Å²) in [4.78, 5) is 11.0. The number of hydrogen-bond donors (Lipinski definition) is 3. The Morgan fingerprint density at radius 2 is 1.71 bits per heavy atom. The van der Waals surface area contributed by atoms with Crippen LogP contribution in [0.1, 0.15) is 10.4 Å². The van der Waals surface area contributed by atoms with Crippen molar-refractivity contribution in [1.29, 1.82) is 0 Å². The summed E-state index contributed by atoms with van der Waals surface area (Å²) < 4.78 is 11.0. The summed E-state index contributed by atoms with van der Waals surface area (Å²) in [5.74, 6) is 0.934. The van der Waals surface area contributed by atoms with Crippen molar-refractivity contribution in [1.82, 2.24) is 5.32 Å². The zero-order chi connectivity index (χ0) is 17.2. The van der Waals surface area contributed by atoms with Crippen LogP contribution >= 0.6 is 0 Å². The molecule has 0 bridgehead atoms. The van der Waals surface area contributed by atoms with Crippen LogP contribution in [-0.2, 0) is 0 Å². The van der Waals surface area contributed by atoms with Crippen LogP contribution < -0.4 is 20.5 Å². The van der Waals surface area contributed by atoms with E-state index in [2.05, 4.69) is 5.32 Å². The highest BCUT2D eigenvalue weighted by Crippen LogP contribution is 2.11. The van der Waals surface area contributed by atoms with Crippen LogP contribution in [0.25, 0.3) is 0 Å². The normalized spacial score (nSPS) is 11.7. The molecule has 0 unspecified atom stereocenters. The number of rotatable bonds is 10. The van der Waals surface area contributed by atoms with Gasteiger partial charge in [0.15, 0.2) is 0 Å². The third-order valence-corrected chi connectivity index (χ3v) is 3.25. The average Bonchev–Trinajstić information content (AvgIpc) is 2.61. The number of benzene rings is 2. The number of carbonyl (C=O) groups excluding carboxylic acids is 1. The Balaban J connectivity index is 1.56. The van der Waals surface area contributed by atoms with Gasteiger partial charge in [0, 0.05) is 18.7 Å². The molecule has 6 nitrogen and oxygen atoms in total. The summed E-state index contributed by atoms with van der Waals surface area (Å²) >= 11 is 0. The molecule has 128 valence electrons. The summed E-state index contributed by atoms with van der Waals surface area (Å²) in [5.41, 5.74) is 5.62. The van der Waals surface area contributed by atoms with Crippen molar-refractivity contribution < 1.29 is 19.4 Å². The van der Waals surface area contributed by atoms with E-state index in [9.17, 15) is 9.90 Å². The van der Waals surface area contributed by atoms with Crippen LogP contribution in [-0.4, -0.2) is 43.4 Å². The number of aliphatic hydroxyl groups excluding tert-OH is 1. The van der Waals surface area contributed by atoms with E-state index in [-0.39, 0.29) is 6.61 Å². The summed E-state index contributed by atoms with van der Waals surface area (Å²) in [6, 6.07) is 16.0. The van der Waals surface area contributed by atoms with E-state index in [1.807, 2.05) is 30.3 Å². The van der Waals surface area contributed by atoms with Crippen LogP contribution in [0.4, 0.5) is 0 Å². The maximum absolute atomic E-state index is 11.0. The van der Waals surface area contributed by atoms with E-state index in [1.165, 1.54) is 0 Å². The molecule has 0 radical (unpaired) electrons. The Kier molecular flexibility index (Phi) is 7.07. The summed E-state index contributed by atoms with van der Waals surface area (Å²) in [5, 5.41) is 12.9. The number of aliphatic hydroxyl groups is 1. The lowest BCUT2D eigenvalue weighted by Crippen LogP contribution is -2.33. The first-order valence-electron chi connectivity index (χ1n) is 7.74. The van der Waals surface area contributed by atoms with Gasteiger partial charge >= 0.3 is 0 Å². The predicted octanol–water partition coefficient (Wildman–Crippen LogP) is 1.19. The van der Waals surface area contributed by atoms with Gasteiger partial charge in [0.05, 0.1) is 0 Å². The van der Waals surface area contributed by atoms with Gasteiger partial charge in [-0.3, -0.25) is 4.79 Å². The lowest BCUT2D eigenvalue weighted by atomic mass is 10.2. The fourth-order valence-corrected chi connectivity index (χ4v) is 1.99. The molecule has 0 aromatic heterocycles. The number of para-hydroxylation sites is 1. The van der Waals surface area contributed by atoms with E-state index in [0.29, 0.717) is 31.0 Å². The van der Waals surface area contributed by atoms with Crippen LogP contribution in [0.3, 0.4) is 0 Å². The molecule has 1 amide bonds.